The number of ether oxygens (including phenoxy) is 1. The molecule has 0 saturated heterocycles. The molecule has 0 aliphatic rings. The van der Waals surface area contributed by atoms with Crippen LogP contribution in [0, 0.1) is 10.9 Å². The van der Waals surface area contributed by atoms with Crippen molar-refractivity contribution in [1.82, 2.24) is 14.1 Å². The second kappa shape index (κ2) is 12.1. The molecule has 0 aliphatic heterocycles. The number of anilines is 1. The van der Waals surface area contributed by atoms with Gasteiger partial charge in [-0.15, -0.1) is 0 Å². The van der Waals surface area contributed by atoms with Crippen LogP contribution in [0.1, 0.15) is 18.1 Å². The van der Waals surface area contributed by atoms with Gasteiger partial charge in [0.15, 0.2) is 14.8 Å². The molecule has 2 heterocycles. The molecular formula is C29H23F3N4O3S3. The van der Waals surface area contributed by atoms with E-state index >= 15 is 0 Å². The minimum absolute atomic E-state index is 0.0108. The van der Waals surface area contributed by atoms with Gasteiger partial charge >= 0.3 is 6.18 Å². The lowest BCUT2D eigenvalue weighted by Crippen LogP contribution is -2.23. The fourth-order valence-electron chi connectivity index (χ4n) is 4.14. The number of alkyl halides is 3. The lowest BCUT2D eigenvalue weighted by atomic mass is 10.2. The van der Waals surface area contributed by atoms with Crippen LogP contribution in [-0.2, 0) is 11.0 Å². The highest BCUT2D eigenvalue weighted by Crippen LogP contribution is 2.31. The quantitative estimate of drug-likeness (QED) is 0.109. The molecule has 0 saturated carbocycles. The maximum Gasteiger partial charge on any atom is 0.416 e. The van der Waals surface area contributed by atoms with Gasteiger partial charge in [-0.3, -0.25) is 18.7 Å². The van der Waals surface area contributed by atoms with Crippen molar-refractivity contribution >= 4 is 57.3 Å². The molecule has 0 atom stereocenters. The SMILES string of the molecule is CCOc1ccc(-n2c(=S)sc3c(=O)n(-c4ccc(C)cc4)c(SCC(=O)Nc4cccc(C(F)(F)F)c4)nc32)cc1. The number of hydrogen-bond donors (Lipinski definition) is 1. The molecule has 0 fully saturated rings. The van der Waals surface area contributed by atoms with Crippen LogP contribution in [0.5, 0.6) is 5.75 Å². The van der Waals surface area contributed by atoms with Crippen molar-refractivity contribution in [2.75, 3.05) is 17.7 Å². The first-order chi connectivity index (χ1) is 20.0. The molecule has 0 aliphatic carbocycles. The minimum atomic E-state index is -4.54. The maximum atomic E-state index is 13.9. The number of benzene rings is 3. The summed E-state index contributed by atoms with van der Waals surface area (Å²) in [4.78, 5) is 31.5. The van der Waals surface area contributed by atoms with Crippen molar-refractivity contribution in [2.45, 2.75) is 25.2 Å². The second-order valence-corrected chi connectivity index (χ2v) is 11.7. The Morgan fingerprint density at radius 2 is 1.71 bits per heavy atom. The van der Waals surface area contributed by atoms with Gasteiger partial charge in [-0.1, -0.05) is 46.9 Å². The van der Waals surface area contributed by atoms with Crippen molar-refractivity contribution in [3.05, 3.63) is 98.2 Å². The fourth-order valence-corrected chi connectivity index (χ4v) is 6.25. The minimum Gasteiger partial charge on any atom is -0.494 e. The summed E-state index contributed by atoms with van der Waals surface area (Å²) < 4.78 is 48.7. The third-order valence-corrected chi connectivity index (χ3v) is 8.37. The predicted octanol–water partition coefficient (Wildman–Crippen LogP) is 7.42. The van der Waals surface area contributed by atoms with E-state index in [1.54, 1.807) is 28.8 Å². The summed E-state index contributed by atoms with van der Waals surface area (Å²) in [6.45, 7) is 4.32. The van der Waals surface area contributed by atoms with E-state index in [2.05, 4.69) is 5.32 Å². The first-order valence-electron chi connectivity index (χ1n) is 12.6. The first kappa shape index (κ1) is 29.5. The Balaban J connectivity index is 1.54. The van der Waals surface area contributed by atoms with Crippen molar-refractivity contribution in [1.29, 1.82) is 0 Å². The Bertz CT molecular complexity index is 1880. The van der Waals surface area contributed by atoms with Crippen LogP contribution in [-0.4, -0.2) is 32.4 Å². The van der Waals surface area contributed by atoms with Crippen molar-refractivity contribution < 1.29 is 22.7 Å². The number of halogens is 3. The molecule has 13 heteroatoms. The average Bonchev–Trinajstić information content (AvgIpc) is 3.29. The number of amides is 1. The van der Waals surface area contributed by atoms with Gasteiger partial charge in [-0.25, -0.2) is 4.98 Å². The molecule has 5 aromatic rings. The van der Waals surface area contributed by atoms with Gasteiger partial charge in [-0.2, -0.15) is 13.2 Å². The summed E-state index contributed by atoms with van der Waals surface area (Å²) in [6, 6.07) is 18.9. The summed E-state index contributed by atoms with van der Waals surface area (Å²) in [5, 5.41) is 2.72. The van der Waals surface area contributed by atoms with Gasteiger partial charge < -0.3 is 10.1 Å². The number of rotatable bonds is 8. The van der Waals surface area contributed by atoms with Gasteiger partial charge in [0.2, 0.25) is 5.91 Å². The highest BCUT2D eigenvalue weighted by atomic mass is 32.2. The van der Waals surface area contributed by atoms with Gasteiger partial charge in [0.05, 0.1) is 23.6 Å². The molecule has 0 unspecified atom stereocenters. The monoisotopic (exact) mass is 628 g/mol. The number of aromatic nitrogens is 3. The van der Waals surface area contributed by atoms with E-state index in [9.17, 15) is 22.8 Å². The average molecular weight is 629 g/mol. The highest BCUT2D eigenvalue weighted by Gasteiger charge is 2.30. The summed E-state index contributed by atoms with van der Waals surface area (Å²) in [6.07, 6.45) is -4.54. The van der Waals surface area contributed by atoms with E-state index in [0.717, 1.165) is 40.8 Å². The molecule has 1 N–H and O–H groups in total. The molecule has 3 aromatic carbocycles. The van der Waals surface area contributed by atoms with E-state index in [4.69, 9.17) is 21.9 Å². The standard InChI is InChI=1S/C29H23F3N4O3S3/c1-3-39-22-13-11-20(12-14-22)35-25-24(42-28(35)40)26(38)36(21-9-7-17(2)8-10-21)27(34-25)41-16-23(37)33-19-6-4-5-18(15-19)29(30,31)32/h4-15H,3,16H2,1-2H3,(H,33,37). The molecule has 2 aromatic heterocycles. The Morgan fingerprint density at radius 3 is 2.38 bits per heavy atom. The lowest BCUT2D eigenvalue weighted by molar-refractivity contribution is -0.137. The largest absolute Gasteiger partial charge is 0.494 e. The molecule has 216 valence electrons. The number of carbonyl (C=O) groups is 1. The van der Waals surface area contributed by atoms with E-state index < -0.39 is 17.6 Å². The van der Waals surface area contributed by atoms with E-state index in [-0.39, 0.29) is 22.2 Å². The number of thioether (sulfide) groups is 1. The van der Waals surface area contributed by atoms with Gasteiger partial charge in [0.25, 0.3) is 5.56 Å². The van der Waals surface area contributed by atoms with E-state index in [1.807, 2.05) is 38.1 Å². The van der Waals surface area contributed by atoms with Crippen LogP contribution in [0.25, 0.3) is 21.7 Å². The van der Waals surface area contributed by atoms with Crippen LogP contribution in [0.2, 0.25) is 0 Å². The molecule has 5 rings (SSSR count). The number of carbonyl (C=O) groups excluding carboxylic acids is 1. The Labute approximate surface area is 251 Å². The zero-order chi connectivity index (χ0) is 30.0. The molecule has 0 radical (unpaired) electrons. The van der Waals surface area contributed by atoms with Gasteiger partial charge in [0, 0.05) is 11.4 Å². The van der Waals surface area contributed by atoms with E-state index in [0.29, 0.717) is 38.0 Å². The topological polar surface area (TPSA) is 78.1 Å². The fraction of sp³-hybridized carbons (Fsp3) is 0.172. The number of fused-ring (bicyclic) bond motifs is 1. The lowest BCUT2D eigenvalue weighted by Gasteiger charge is -2.14. The third kappa shape index (κ3) is 6.27. The number of nitrogens with one attached hydrogen (secondary N) is 1. The van der Waals surface area contributed by atoms with Crippen molar-refractivity contribution in [2.24, 2.45) is 0 Å². The van der Waals surface area contributed by atoms with Gasteiger partial charge in [-0.05, 0) is 80.7 Å². The predicted molar refractivity (Wildman–Crippen MR) is 162 cm³/mol. The number of hydrogen-bond acceptors (Lipinski definition) is 7. The summed E-state index contributed by atoms with van der Waals surface area (Å²) in [7, 11) is 0. The smallest absolute Gasteiger partial charge is 0.416 e. The summed E-state index contributed by atoms with van der Waals surface area (Å²) in [5.74, 6) is -0.0867. The molecule has 42 heavy (non-hydrogen) atoms. The Morgan fingerprint density at radius 1 is 1.05 bits per heavy atom. The highest BCUT2D eigenvalue weighted by molar-refractivity contribution is 7.99. The zero-order valence-electron chi connectivity index (χ0n) is 22.3. The number of thiazole rings is 1. The maximum absolute atomic E-state index is 13.9. The summed E-state index contributed by atoms with van der Waals surface area (Å²) in [5.41, 5.74) is 1.35. The van der Waals surface area contributed by atoms with E-state index in [1.165, 1.54) is 16.7 Å². The first-order valence-corrected chi connectivity index (χ1v) is 14.8. The van der Waals surface area contributed by atoms with Gasteiger partial charge in [0.1, 0.15) is 10.4 Å². The molecule has 0 bridgehead atoms. The normalized spacial score (nSPS) is 11.5. The van der Waals surface area contributed by atoms with Crippen molar-refractivity contribution in [3.63, 3.8) is 0 Å². The van der Waals surface area contributed by atoms with Crippen LogP contribution >= 0.6 is 35.3 Å². The third-order valence-electron chi connectivity index (χ3n) is 6.08. The Hall–Kier alpha value is -3.94. The molecule has 1 amide bonds. The number of aryl methyl sites for hydroxylation is 1. The second-order valence-electron chi connectivity index (χ2n) is 9.07. The Kier molecular flexibility index (Phi) is 8.53. The van der Waals surface area contributed by atoms with Crippen LogP contribution in [0.4, 0.5) is 18.9 Å². The van der Waals surface area contributed by atoms with Crippen LogP contribution < -0.4 is 15.6 Å². The molecular weight excluding hydrogens is 606 g/mol. The molecule has 0 spiro atoms. The van der Waals surface area contributed by atoms with Crippen molar-refractivity contribution in [3.8, 4) is 17.1 Å². The van der Waals surface area contributed by atoms with Crippen LogP contribution in [0.3, 0.4) is 0 Å². The molecule has 7 nitrogen and oxygen atoms in total. The summed E-state index contributed by atoms with van der Waals surface area (Å²) >= 11 is 7.75. The number of nitrogens with zero attached hydrogens (tertiary/aromatic N) is 3. The van der Waals surface area contributed by atoms with Crippen LogP contribution in [0.15, 0.2) is 82.7 Å². The zero-order valence-corrected chi connectivity index (χ0v) is 24.7.